The van der Waals surface area contributed by atoms with Crippen LogP contribution in [0.25, 0.3) is 0 Å². The predicted octanol–water partition coefficient (Wildman–Crippen LogP) is 7.64. The number of aliphatic hydroxyl groups is 1. The summed E-state index contributed by atoms with van der Waals surface area (Å²) in [4.78, 5) is 22.5. The van der Waals surface area contributed by atoms with Crippen molar-refractivity contribution < 1.29 is 19.4 Å². The number of aliphatic hydroxyl groups excluding tert-OH is 1. The molecule has 10 heteroatoms. The lowest BCUT2D eigenvalue weighted by Crippen LogP contribution is -2.25. The van der Waals surface area contributed by atoms with Crippen molar-refractivity contribution in [3.63, 3.8) is 0 Å². The number of carbonyl (C=O) groups is 2. The second-order valence-electron chi connectivity index (χ2n) is 8.08. The molecule has 3 N–H and O–H groups in total. The maximum absolute atomic E-state index is 12.4. The highest BCUT2D eigenvalue weighted by molar-refractivity contribution is 8.00. The third-order valence-electron chi connectivity index (χ3n) is 5.25. The zero-order chi connectivity index (χ0) is 29.9. The summed E-state index contributed by atoms with van der Waals surface area (Å²) in [5.41, 5.74) is 5.21. The fraction of sp³-hybridized carbons (Fsp3) is 0.267. The van der Waals surface area contributed by atoms with E-state index in [1.165, 1.54) is 0 Å². The van der Waals surface area contributed by atoms with Crippen molar-refractivity contribution in [3.8, 4) is 0 Å². The quantitative estimate of drug-likeness (QED) is 0.203. The van der Waals surface area contributed by atoms with Crippen LogP contribution in [0.5, 0.6) is 0 Å². The van der Waals surface area contributed by atoms with Gasteiger partial charge in [-0.2, -0.15) is 0 Å². The number of benzene rings is 3. The van der Waals surface area contributed by atoms with Crippen molar-refractivity contribution >= 4 is 64.4 Å². The van der Waals surface area contributed by atoms with Crippen molar-refractivity contribution in [2.45, 2.75) is 20.8 Å². The van der Waals surface area contributed by atoms with Gasteiger partial charge in [-0.1, -0.05) is 47.5 Å². The van der Waals surface area contributed by atoms with E-state index in [1.807, 2.05) is 76.4 Å². The summed E-state index contributed by atoms with van der Waals surface area (Å²) in [6, 6.07) is 20.2. The molecule has 0 atom stereocenters. The Morgan fingerprint density at radius 1 is 1.10 bits per heavy atom. The molecule has 0 unspecified atom stereocenters. The molecular formula is C30H37Cl2N3O4S. The maximum atomic E-state index is 12.4. The molecule has 1 aliphatic heterocycles. The lowest BCUT2D eigenvalue weighted by molar-refractivity contribution is 0.102. The molecule has 0 bridgehead atoms. The maximum Gasteiger partial charge on any atom is 0.255 e. The van der Waals surface area contributed by atoms with E-state index >= 15 is 0 Å². The van der Waals surface area contributed by atoms with Crippen LogP contribution >= 0.6 is 35.1 Å². The minimum Gasteiger partial charge on any atom is -0.400 e. The van der Waals surface area contributed by atoms with Crippen LogP contribution in [-0.2, 0) is 4.74 Å². The topological polar surface area (TPSA) is 90.9 Å². The van der Waals surface area contributed by atoms with Crippen molar-refractivity contribution in [2.24, 2.45) is 0 Å². The first-order valence-electron chi connectivity index (χ1n) is 12.4. The number of aryl methyl sites for hydroxylation is 1. The van der Waals surface area contributed by atoms with Gasteiger partial charge in [0.1, 0.15) is 13.0 Å². The Bertz CT molecular complexity index is 1210. The van der Waals surface area contributed by atoms with E-state index in [0.29, 0.717) is 22.9 Å². The van der Waals surface area contributed by atoms with Crippen LogP contribution in [0.3, 0.4) is 0 Å². The Kier molecular flexibility index (Phi) is 17.5. The van der Waals surface area contributed by atoms with E-state index in [9.17, 15) is 9.59 Å². The van der Waals surface area contributed by atoms with Crippen molar-refractivity contribution in [1.29, 1.82) is 0 Å². The summed E-state index contributed by atoms with van der Waals surface area (Å²) >= 11 is 12.6. The number of nitrogens with one attached hydrogen (secondary N) is 2. The minimum atomic E-state index is -0.116. The number of amides is 1. The molecule has 0 aliphatic carbocycles. The van der Waals surface area contributed by atoms with Crippen LogP contribution in [0.2, 0.25) is 5.02 Å². The molecule has 0 saturated carbocycles. The molecular weight excluding hydrogens is 569 g/mol. The van der Waals surface area contributed by atoms with E-state index < -0.39 is 0 Å². The number of hydrogen-bond donors (Lipinski definition) is 3. The average molecular weight is 607 g/mol. The first-order chi connectivity index (χ1) is 19.3. The summed E-state index contributed by atoms with van der Waals surface area (Å²) in [5.74, 6) is 0.832. The molecule has 1 fully saturated rings. The van der Waals surface area contributed by atoms with Gasteiger partial charge in [0.05, 0.1) is 6.61 Å². The summed E-state index contributed by atoms with van der Waals surface area (Å²) in [5, 5.41) is 14.5. The van der Waals surface area contributed by atoms with Gasteiger partial charge in [0.15, 0.2) is 0 Å². The summed E-state index contributed by atoms with van der Waals surface area (Å²) in [7, 11) is 2.87. The molecule has 1 saturated heterocycles. The Morgan fingerprint density at radius 2 is 1.77 bits per heavy atom. The molecule has 0 spiro atoms. The molecule has 216 valence electrons. The number of ether oxygens (including phenoxy) is 1. The number of allylic oxidation sites excluding steroid dienone is 2. The van der Waals surface area contributed by atoms with Crippen LogP contribution in [0, 0.1) is 6.92 Å². The molecule has 1 aliphatic rings. The molecule has 3 aromatic carbocycles. The Morgan fingerprint density at radius 3 is 2.27 bits per heavy atom. The molecule has 0 radical (unpaired) electrons. The van der Waals surface area contributed by atoms with Crippen LogP contribution < -0.4 is 14.9 Å². The minimum absolute atomic E-state index is 0.116. The number of hydrogen-bond acceptors (Lipinski definition) is 7. The fourth-order valence-electron chi connectivity index (χ4n) is 3.07. The number of nitrogens with zero attached hydrogens (tertiary/aromatic N) is 1. The number of anilines is 3. The largest absolute Gasteiger partial charge is 0.400 e. The second-order valence-corrected chi connectivity index (χ2v) is 10.2. The summed E-state index contributed by atoms with van der Waals surface area (Å²) in [6.45, 7) is 7.14. The lowest BCUT2D eigenvalue weighted by atomic mass is 10.1. The summed E-state index contributed by atoms with van der Waals surface area (Å²) in [6.07, 6.45) is 2.62. The highest BCUT2D eigenvalue weighted by atomic mass is 35.5. The molecule has 3 aromatic rings. The van der Waals surface area contributed by atoms with Gasteiger partial charge < -0.3 is 20.5 Å². The third kappa shape index (κ3) is 12.9. The predicted molar refractivity (Wildman–Crippen MR) is 171 cm³/mol. The molecule has 0 aromatic heterocycles. The van der Waals surface area contributed by atoms with Crippen LogP contribution in [0.15, 0.2) is 77.8 Å². The van der Waals surface area contributed by atoms with Crippen molar-refractivity contribution in [3.05, 3.63) is 99.6 Å². The van der Waals surface area contributed by atoms with Gasteiger partial charge in [0.2, 0.25) is 0 Å². The van der Waals surface area contributed by atoms with Gasteiger partial charge in [-0.25, -0.2) is 0 Å². The van der Waals surface area contributed by atoms with Gasteiger partial charge in [0, 0.05) is 58.2 Å². The van der Waals surface area contributed by atoms with E-state index in [-0.39, 0.29) is 5.91 Å². The van der Waals surface area contributed by atoms with Gasteiger partial charge >= 0.3 is 0 Å². The average Bonchev–Trinajstić information content (AvgIpc) is 3.00. The SMILES string of the molecule is C/C=C(\C)Cl.CNc1cc(NC(=O)c2ccc(N3COCCS3)cc2)ccc1C.CO.O=Cc1cccc(Cl)c1. The Labute approximate surface area is 251 Å². The van der Waals surface area contributed by atoms with Crippen molar-refractivity contribution in [1.82, 2.24) is 0 Å². The zero-order valence-electron chi connectivity index (χ0n) is 23.4. The van der Waals surface area contributed by atoms with Gasteiger partial charge in [-0.15, -0.1) is 0 Å². The van der Waals surface area contributed by atoms with E-state index in [2.05, 4.69) is 14.9 Å². The first-order valence-corrected chi connectivity index (χ1v) is 14.1. The monoisotopic (exact) mass is 605 g/mol. The van der Waals surface area contributed by atoms with Gasteiger partial charge in [0.25, 0.3) is 5.91 Å². The molecule has 1 heterocycles. The van der Waals surface area contributed by atoms with E-state index in [0.717, 1.165) is 53.4 Å². The van der Waals surface area contributed by atoms with Crippen LogP contribution in [0.1, 0.15) is 40.1 Å². The fourth-order valence-corrected chi connectivity index (χ4v) is 4.10. The molecule has 7 nitrogen and oxygen atoms in total. The standard InChI is InChI=1S/C18H21N3O2S.C7H5ClO.C4H7Cl.CH4O/c1-13-3-6-15(11-17(13)19-2)20-18(22)14-4-7-16(8-5-14)21-12-23-9-10-24-21;8-7-3-1-2-6(4-7)5-9;1-3-4(2)5;1-2/h3-8,11,19H,9-10,12H2,1-2H3,(H,20,22);1-5H;3H,1-2H3;2H,1H3/b;;4-3+;. The number of carbonyl (C=O) groups excluding carboxylic acids is 2. The smallest absolute Gasteiger partial charge is 0.255 e. The molecule has 4 rings (SSSR count). The normalized spacial score (nSPS) is 12.3. The number of halogens is 2. The highest BCUT2D eigenvalue weighted by Gasteiger charge is 2.13. The van der Waals surface area contributed by atoms with Crippen LogP contribution in [0.4, 0.5) is 17.1 Å². The van der Waals surface area contributed by atoms with Gasteiger partial charge in [-0.3, -0.25) is 13.9 Å². The molecule has 1 amide bonds. The Hall–Kier alpha value is -3.01. The lowest BCUT2D eigenvalue weighted by Gasteiger charge is -2.27. The zero-order valence-corrected chi connectivity index (χ0v) is 25.7. The Balaban J connectivity index is 0.000000411. The summed E-state index contributed by atoms with van der Waals surface area (Å²) < 4.78 is 7.53. The van der Waals surface area contributed by atoms with E-state index in [1.54, 1.807) is 36.2 Å². The van der Waals surface area contributed by atoms with Gasteiger partial charge in [-0.05, 0) is 86.8 Å². The third-order valence-corrected chi connectivity index (χ3v) is 6.68. The second kappa shape index (κ2) is 20.0. The molecule has 40 heavy (non-hydrogen) atoms. The van der Waals surface area contributed by atoms with Crippen LogP contribution in [-0.4, -0.2) is 50.5 Å². The number of aldehydes is 1. The highest BCUT2D eigenvalue weighted by Crippen LogP contribution is 2.26. The first kappa shape index (κ1) is 35.0. The van der Waals surface area contributed by atoms with E-state index in [4.69, 9.17) is 33.0 Å². The number of rotatable bonds is 5. The van der Waals surface area contributed by atoms with Crippen molar-refractivity contribution in [2.75, 3.05) is 48.2 Å².